The molecule has 1 fully saturated rings. The summed E-state index contributed by atoms with van der Waals surface area (Å²) < 4.78 is 10.2. The molecule has 5 heteroatoms. The molecule has 4 rings (SSSR count). The fourth-order valence-electron chi connectivity index (χ4n) is 4.77. The Hall–Kier alpha value is -2.82. The van der Waals surface area contributed by atoms with E-state index in [0.717, 1.165) is 23.2 Å². The van der Waals surface area contributed by atoms with E-state index in [9.17, 15) is 9.59 Å². The standard InChI is InChI=1S/C22H23NO4/c1-14-8-10-16(11-9-14)23-17-12-15-6-4-5-7-18(15)19(23)22(13-17,20(24)26-2)21(25)27-3/h4-11,17,19H,12-13H2,1-3H3/t17-,19+/m1/s1. The van der Waals surface area contributed by atoms with Crippen molar-refractivity contribution in [1.82, 2.24) is 0 Å². The first-order valence-corrected chi connectivity index (χ1v) is 9.12. The van der Waals surface area contributed by atoms with Crippen LogP contribution in [0.3, 0.4) is 0 Å². The first kappa shape index (κ1) is 17.6. The highest BCUT2D eigenvalue weighted by atomic mass is 16.5. The summed E-state index contributed by atoms with van der Waals surface area (Å²) in [7, 11) is 2.66. The summed E-state index contributed by atoms with van der Waals surface area (Å²) in [5.41, 5.74) is 2.95. The molecule has 0 aromatic heterocycles. The zero-order valence-electron chi connectivity index (χ0n) is 15.8. The maximum atomic E-state index is 13.0. The number of nitrogens with zero attached hydrogens (tertiary/aromatic N) is 1. The molecule has 0 radical (unpaired) electrons. The summed E-state index contributed by atoms with van der Waals surface area (Å²) >= 11 is 0. The number of benzene rings is 2. The van der Waals surface area contributed by atoms with Crippen molar-refractivity contribution >= 4 is 17.6 Å². The predicted octanol–water partition coefficient (Wildman–Crippen LogP) is 3.20. The van der Waals surface area contributed by atoms with E-state index in [1.54, 1.807) is 0 Å². The molecule has 0 spiro atoms. The number of esters is 2. The van der Waals surface area contributed by atoms with Crippen LogP contribution in [0.25, 0.3) is 0 Å². The molecule has 2 atom stereocenters. The topological polar surface area (TPSA) is 55.8 Å². The molecule has 27 heavy (non-hydrogen) atoms. The van der Waals surface area contributed by atoms with E-state index >= 15 is 0 Å². The lowest BCUT2D eigenvalue weighted by atomic mass is 9.76. The summed E-state index contributed by atoms with van der Waals surface area (Å²) in [6, 6.07) is 15.8. The maximum absolute atomic E-state index is 13.0. The molecule has 0 amide bonds. The summed E-state index contributed by atoms with van der Waals surface area (Å²) in [4.78, 5) is 28.1. The van der Waals surface area contributed by atoms with E-state index in [4.69, 9.17) is 9.47 Å². The predicted molar refractivity (Wildman–Crippen MR) is 101 cm³/mol. The van der Waals surface area contributed by atoms with Gasteiger partial charge in [-0.05, 0) is 43.0 Å². The quantitative estimate of drug-likeness (QED) is 0.618. The average molecular weight is 365 g/mol. The lowest BCUT2D eigenvalue weighted by molar-refractivity contribution is -0.169. The lowest BCUT2D eigenvalue weighted by Crippen LogP contribution is -2.47. The molecule has 2 aliphatic rings. The maximum Gasteiger partial charge on any atom is 0.325 e. The third-order valence-corrected chi connectivity index (χ3v) is 5.93. The molecular weight excluding hydrogens is 342 g/mol. The Morgan fingerprint density at radius 2 is 1.63 bits per heavy atom. The van der Waals surface area contributed by atoms with Crippen LogP contribution >= 0.6 is 0 Å². The zero-order chi connectivity index (χ0) is 19.2. The van der Waals surface area contributed by atoms with Gasteiger partial charge in [-0.1, -0.05) is 42.0 Å². The fraction of sp³-hybridized carbons (Fsp3) is 0.364. The second-order valence-corrected chi connectivity index (χ2v) is 7.36. The number of hydrogen-bond acceptors (Lipinski definition) is 5. The van der Waals surface area contributed by atoms with Crippen molar-refractivity contribution in [2.45, 2.75) is 31.8 Å². The van der Waals surface area contributed by atoms with Gasteiger partial charge in [0.25, 0.3) is 0 Å². The number of anilines is 1. The first-order chi connectivity index (χ1) is 13.0. The van der Waals surface area contributed by atoms with Gasteiger partial charge in [0, 0.05) is 11.7 Å². The van der Waals surface area contributed by atoms with Gasteiger partial charge in [-0.15, -0.1) is 0 Å². The summed E-state index contributed by atoms with van der Waals surface area (Å²) in [5.74, 6) is -1.06. The van der Waals surface area contributed by atoms with Gasteiger partial charge >= 0.3 is 11.9 Å². The van der Waals surface area contributed by atoms with Crippen LogP contribution in [0, 0.1) is 12.3 Å². The lowest BCUT2D eigenvalue weighted by Gasteiger charge is -2.40. The van der Waals surface area contributed by atoms with Crippen LogP contribution in [0.5, 0.6) is 0 Å². The van der Waals surface area contributed by atoms with Gasteiger partial charge in [-0.2, -0.15) is 0 Å². The second-order valence-electron chi connectivity index (χ2n) is 7.36. The summed E-state index contributed by atoms with van der Waals surface area (Å²) in [5, 5.41) is 0. The highest BCUT2D eigenvalue weighted by molar-refractivity contribution is 6.03. The number of aryl methyl sites for hydroxylation is 1. The van der Waals surface area contributed by atoms with Crippen LogP contribution in [-0.4, -0.2) is 32.2 Å². The Bertz CT molecular complexity index is 873. The fourth-order valence-corrected chi connectivity index (χ4v) is 4.77. The Morgan fingerprint density at radius 3 is 2.26 bits per heavy atom. The molecule has 2 bridgehead atoms. The minimum Gasteiger partial charge on any atom is -0.468 e. The number of rotatable bonds is 3. The Balaban J connectivity index is 1.94. The van der Waals surface area contributed by atoms with Crippen molar-refractivity contribution in [2.24, 2.45) is 5.41 Å². The Morgan fingerprint density at radius 1 is 1.00 bits per heavy atom. The minimum absolute atomic E-state index is 0.0193. The van der Waals surface area contributed by atoms with Gasteiger partial charge in [0.15, 0.2) is 5.41 Å². The van der Waals surface area contributed by atoms with Gasteiger partial charge in [0.05, 0.1) is 20.3 Å². The number of fused-ring (bicyclic) bond motifs is 4. The number of carbonyl (C=O) groups is 2. The first-order valence-electron chi connectivity index (χ1n) is 9.12. The molecule has 1 saturated heterocycles. The number of carbonyl (C=O) groups excluding carboxylic acids is 2. The molecule has 2 aromatic carbocycles. The van der Waals surface area contributed by atoms with Crippen LogP contribution < -0.4 is 4.90 Å². The van der Waals surface area contributed by atoms with E-state index in [2.05, 4.69) is 11.0 Å². The van der Waals surface area contributed by atoms with E-state index in [1.807, 2.05) is 49.4 Å². The molecule has 2 aromatic rings. The van der Waals surface area contributed by atoms with Crippen molar-refractivity contribution < 1.29 is 19.1 Å². The van der Waals surface area contributed by atoms with Crippen LogP contribution in [0.15, 0.2) is 48.5 Å². The monoisotopic (exact) mass is 365 g/mol. The van der Waals surface area contributed by atoms with E-state index in [1.165, 1.54) is 19.8 Å². The molecule has 140 valence electrons. The average Bonchev–Trinajstić information content (AvgIpc) is 2.95. The molecule has 2 heterocycles. The zero-order valence-corrected chi connectivity index (χ0v) is 15.8. The van der Waals surface area contributed by atoms with Crippen molar-refractivity contribution in [3.8, 4) is 0 Å². The van der Waals surface area contributed by atoms with Gasteiger partial charge in [0.2, 0.25) is 0 Å². The largest absolute Gasteiger partial charge is 0.468 e. The van der Waals surface area contributed by atoms with Crippen LogP contribution in [0.4, 0.5) is 5.69 Å². The molecule has 0 aliphatic carbocycles. The highest BCUT2D eigenvalue weighted by Crippen LogP contribution is 2.57. The van der Waals surface area contributed by atoms with Crippen molar-refractivity contribution in [3.05, 3.63) is 65.2 Å². The molecule has 0 unspecified atom stereocenters. The summed E-state index contributed by atoms with van der Waals surface area (Å²) in [6.45, 7) is 2.04. The third kappa shape index (κ3) is 2.45. The van der Waals surface area contributed by atoms with Crippen LogP contribution in [0.2, 0.25) is 0 Å². The molecule has 5 nitrogen and oxygen atoms in total. The van der Waals surface area contributed by atoms with Crippen molar-refractivity contribution in [2.75, 3.05) is 19.1 Å². The van der Waals surface area contributed by atoms with E-state index in [0.29, 0.717) is 6.42 Å². The van der Waals surface area contributed by atoms with Gasteiger partial charge in [-0.3, -0.25) is 9.59 Å². The minimum atomic E-state index is -1.37. The molecular formula is C22H23NO4. The van der Waals surface area contributed by atoms with Crippen LogP contribution in [0.1, 0.15) is 29.2 Å². The van der Waals surface area contributed by atoms with Crippen LogP contribution in [-0.2, 0) is 25.5 Å². The SMILES string of the molecule is COC(=O)C1(C(=O)OC)C[C@H]2Cc3ccccc3[C@@H]1N2c1ccc(C)cc1. The van der Waals surface area contributed by atoms with Gasteiger partial charge in [0.1, 0.15) is 0 Å². The normalized spacial score (nSPS) is 22.1. The Kier molecular flexibility index (Phi) is 4.17. The third-order valence-electron chi connectivity index (χ3n) is 5.93. The summed E-state index contributed by atoms with van der Waals surface area (Å²) in [6.07, 6.45) is 1.15. The number of methoxy groups -OCH3 is 2. The smallest absolute Gasteiger partial charge is 0.325 e. The van der Waals surface area contributed by atoms with Gasteiger partial charge < -0.3 is 14.4 Å². The number of hydrogen-bond donors (Lipinski definition) is 0. The van der Waals surface area contributed by atoms with E-state index < -0.39 is 23.4 Å². The molecule has 2 aliphatic heterocycles. The van der Waals surface area contributed by atoms with E-state index in [-0.39, 0.29) is 6.04 Å². The van der Waals surface area contributed by atoms with Gasteiger partial charge in [-0.25, -0.2) is 0 Å². The molecule has 0 saturated carbocycles. The van der Waals surface area contributed by atoms with Crippen molar-refractivity contribution in [3.63, 3.8) is 0 Å². The number of ether oxygens (including phenoxy) is 2. The Labute approximate surface area is 158 Å². The highest BCUT2D eigenvalue weighted by Gasteiger charge is 2.65. The molecule has 0 N–H and O–H groups in total. The van der Waals surface area contributed by atoms with Crippen molar-refractivity contribution in [1.29, 1.82) is 0 Å². The second kappa shape index (κ2) is 6.41.